The van der Waals surface area contributed by atoms with Gasteiger partial charge in [-0.15, -0.1) is 0 Å². The maximum Gasteiger partial charge on any atom is 0.346 e. The van der Waals surface area contributed by atoms with Gasteiger partial charge in [-0.05, 0) is 31.4 Å². The zero-order valence-electron chi connectivity index (χ0n) is 12.6. The Labute approximate surface area is 118 Å². The average Bonchev–Trinajstić information content (AvgIpc) is 2.40. The first kappa shape index (κ1) is 14.4. The van der Waals surface area contributed by atoms with E-state index in [1.54, 1.807) is 6.07 Å². The molecule has 0 radical (unpaired) electrons. The van der Waals surface area contributed by atoms with Gasteiger partial charge in [0.25, 0.3) is 5.95 Å². The van der Waals surface area contributed by atoms with Crippen molar-refractivity contribution in [2.45, 2.75) is 27.7 Å². The molecule has 0 unspecified atom stereocenters. The SMILES string of the molecule is COc1oc(=O)c2ccccc2c1C(=C(C)C)C(C)C. The fourth-order valence-corrected chi connectivity index (χ4v) is 2.69. The number of allylic oxidation sites excluding steroid dienone is 2. The third kappa shape index (κ3) is 2.36. The standard InChI is InChI=1S/C17H20O3/c1-10(2)14(11(3)4)15-12-8-6-7-9-13(12)16(18)20-17(15)19-5/h6-10H,1-5H3. The summed E-state index contributed by atoms with van der Waals surface area (Å²) in [5.41, 5.74) is 2.87. The minimum Gasteiger partial charge on any atom is -0.468 e. The molecular weight excluding hydrogens is 252 g/mol. The number of fused-ring (bicyclic) bond motifs is 1. The molecule has 0 atom stereocenters. The summed E-state index contributed by atoms with van der Waals surface area (Å²) < 4.78 is 10.7. The van der Waals surface area contributed by atoms with Crippen LogP contribution in [0.25, 0.3) is 16.3 Å². The monoisotopic (exact) mass is 272 g/mol. The Kier molecular flexibility index (Phi) is 3.98. The molecular formula is C17H20O3. The Hall–Kier alpha value is -2.03. The normalized spacial score (nSPS) is 10.9. The van der Waals surface area contributed by atoms with Crippen molar-refractivity contribution < 1.29 is 9.15 Å². The van der Waals surface area contributed by atoms with Crippen molar-refractivity contribution in [2.24, 2.45) is 5.92 Å². The molecule has 2 rings (SSSR count). The number of benzene rings is 1. The van der Waals surface area contributed by atoms with E-state index in [-0.39, 0.29) is 5.63 Å². The van der Waals surface area contributed by atoms with Crippen molar-refractivity contribution in [1.29, 1.82) is 0 Å². The predicted octanol–water partition coefficient (Wildman–Crippen LogP) is 4.25. The first-order chi connectivity index (χ1) is 9.47. The quantitative estimate of drug-likeness (QED) is 0.838. The predicted molar refractivity (Wildman–Crippen MR) is 82.1 cm³/mol. The molecule has 106 valence electrons. The van der Waals surface area contributed by atoms with Crippen molar-refractivity contribution in [3.05, 3.63) is 45.8 Å². The molecule has 0 aliphatic heterocycles. The maximum absolute atomic E-state index is 12.0. The summed E-state index contributed by atoms with van der Waals surface area (Å²) in [4.78, 5) is 12.0. The van der Waals surface area contributed by atoms with Gasteiger partial charge in [-0.25, -0.2) is 4.79 Å². The number of rotatable bonds is 3. The van der Waals surface area contributed by atoms with Gasteiger partial charge >= 0.3 is 5.63 Å². The van der Waals surface area contributed by atoms with Crippen LogP contribution in [0.1, 0.15) is 33.3 Å². The minimum atomic E-state index is -0.363. The molecule has 0 N–H and O–H groups in total. The van der Waals surface area contributed by atoms with E-state index in [2.05, 4.69) is 27.7 Å². The van der Waals surface area contributed by atoms with Crippen LogP contribution in [-0.2, 0) is 0 Å². The summed E-state index contributed by atoms with van der Waals surface area (Å²) in [6.07, 6.45) is 0. The van der Waals surface area contributed by atoms with Crippen LogP contribution in [0.2, 0.25) is 0 Å². The Bertz CT molecular complexity index is 717. The lowest BCUT2D eigenvalue weighted by atomic mass is 9.89. The van der Waals surface area contributed by atoms with Crippen molar-refractivity contribution in [1.82, 2.24) is 0 Å². The van der Waals surface area contributed by atoms with Gasteiger partial charge in [-0.1, -0.05) is 37.6 Å². The average molecular weight is 272 g/mol. The Morgan fingerprint density at radius 3 is 2.25 bits per heavy atom. The lowest BCUT2D eigenvalue weighted by molar-refractivity contribution is 0.287. The molecule has 3 heteroatoms. The van der Waals surface area contributed by atoms with Crippen LogP contribution < -0.4 is 10.4 Å². The summed E-state index contributed by atoms with van der Waals surface area (Å²) >= 11 is 0. The fourth-order valence-electron chi connectivity index (χ4n) is 2.69. The molecule has 0 spiro atoms. The zero-order chi connectivity index (χ0) is 14.9. The highest BCUT2D eigenvalue weighted by molar-refractivity contribution is 5.95. The highest BCUT2D eigenvalue weighted by Gasteiger charge is 2.20. The minimum absolute atomic E-state index is 0.290. The van der Waals surface area contributed by atoms with Crippen molar-refractivity contribution in [2.75, 3.05) is 7.11 Å². The molecule has 2 aromatic rings. The first-order valence-electron chi connectivity index (χ1n) is 6.75. The van der Waals surface area contributed by atoms with E-state index in [4.69, 9.17) is 9.15 Å². The molecule has 0 saturated heterocycles. The van der Waals surface area contributed by atoms with Crippen LogP contribution in [0.15, 0.2) is 39.1 Å². The lowest BCUT2D eigenvalue weighted by Gasteiger charge is -2.18. The van der Waals surface area contributed by atoms with Crippen molar-refractivity contribution >= 4 is 16.3 Å². The molecule has 3 nitrogen and oxygen atoms in total. The third-order valence-electron chi connectivity index (χ3n) is 3.38. The van der Waals surface area contributed by atoms with E-state index in [9.17, 15) is 4.79 Å². The fraction of sp³-hybridized carbons (Fsp3) is 0.353. The summed E-state index contributed by atoms with van der Waals surface area (Å²) in [5.74, 6) is 0.601. The summed E-state index contributed by atoms with van der Waals surface area (Å²) in [6, 6.07) is 7.49. The molecule has 0 bridgehead atoms. The van der Waals surface area contributed by atoms with Crippen molar-refractivity contribution in [3.63, 3.8) is 0 Å². The molecule has 1 aromatic heterocycles. The van der Waals surface area contributed by atoms with E-state index >= 15 is 0 Å². The number of hydrogen-bond acceptors (Lipinski definition) is 3. The molecule has 1 aromatic carbocycles. The van der Waals surface area contributed by atoms with Crippen LogP contribution in [-0.4, -0.2) is 7.11 Å². The van der Waals surface area contributed by atoms with E-state index in [0.717, 1.165) is 16.5 Å². The van der Waals surface area contributed by atoms with Gasteiger partial charge in [0.1, 0.15) is 0 Å². The van der Waals surface area contributed by atoms with Crippen molar-refractivity contribution in [3.8, 4) is 5.95 Å². The van der Waals surface area contributed by atoms with Gasteiger partial charge < -0.3 is 9.15 Å². The first-order valence-corrected chi connectivity index (χ1v) is 6.75. The molecule has 0 aliphatic rings. The van der Waals surface area contributed by atoms with Gasteiger partial charge in [0.05, 0.1) is 18.1 Å². The largest absolute Gasteiger partial charge is 0.468 e. The lowest BCUT2D eigenvalue weighted by Crippen LogP contribution is -2.07. The second-order valence-corrected chi connectivity index (χ2v) is 5.37. The summed E-state index contributed by atoms with van der Waals surface area (Å²) in [5, 5.41) is 1.47. The van der Waals surface area contributed by atoms with Crippen LogP contribution >= 0.6 is 0 Å². The summed E-state index contributed by atoms with van der Waals surface area (Å²) in [7, 11) is 1.53. The van der Waals surface area contributed by atoms with E-state index < -0.39 is 0 Å². The number of methoxy groups -OCH3 is 1. The van der Waals surface area contributed by atoms with E-state index in [0.29, 0.717) is 17.3 Å². The van der Waals surface area contributed by atoms with Crippen LogP contribution in [0.4, 0.5) is 0 Å². The van der Waals surface area contributed by atoms with E-state index in [1.165, 1.54) is 12.7 Å². The Morgan fingerprint density at radius 2 is 1.75 bits per heavy atom. The third-order valence-corrected chi connectivity index (χ3v) is 3.38. The van der Waals surface area contributed by atoms with Gasteiger partial charge in [0.2, 0.25) is 0 Å². The summed E-state index contributed by atoms with van der Waals surface area (Å²) in [6.45, 7) is 8.38. The van der Waals surface area contributed by atoms with Gasteiger partial charge in [-0.3, -0.25) is 0 Å². The smallest absolute Gasteiger partial charge is 0.346 e. The van der Waals surface area contributed by atoms with Gasteiger partial charge in [0, 0.05) is 5.39 Å². The molecule has 0 aliphatic carbocycles. The van der Waals surface area contributed by atoms with Gasteiger partial charge in [0.15, 0.2) is 0 Å². The molecule has 1 heterocycles. The number of hydrogen-bond donors (Lipinski definition) is 0. The van der Waals surface area contributed by atoms with Crippen LogP contribution in [0.5, 0.6) is 5.95 Å². The Balaban J connectivity index is 2.97. The highest BCUT2D eigenvalue weighted by atomic mass is 16.6. The van der Waals surface area contributed by atoms with E-state index in [1.807, 2.05) is 18.2 Å². The van der Waals surface area contributed by atoms with Gasteiger partial charge in [-0.2, -0.15) is 0 Å². The van der Waals surface area contributed by atoms with Crippen LogP contribution in [0.3, 0.4) is 0 Å². The molecule has 0 saturated carbocycles. The molecule has 20 heavy (non-hydrogen) atoms. The van der Waals surface area contributed by atoms with Crippen LogP contribution in [0, 0.1) is 5.92 Å². The second-order valence-electron chi connectivity index (χ2n) is 5.37. The topological polar surface area (TPSA) is 39.4 Å². The number of ether oxygens (including phenoxy) is 1. The highest BCUT2D eigenvalue weighted by Crippen LogP contribution is 2.37. The second kappa shape index (κ2) is 5.53. The molecule has 0 fully saturated rings. The molecule has 0 amide bonds. The Morgan fingerprint density at radius 1 is 1.15 bits per heavy atom. The maximum atomic E-state index is 12.0. The zero-order valence-corrected chi connectivity index (χ0v) is 12.6.